The topological polar surface area (TPSA) is 52.6 Å². The predicted molar refractivity (Wildman–Crippen MR) is 77.1 cm³/mol. The maximum Gasteiger partial charge on any atom is 0.333 e. The Morgan fingerprint density at radius 1 is 1.32 bits per heavy atom. The molecule has 2 bridgehead atoms. The summed E-state index contributed by atoms with van der Waals surface area (Å²) in [5, 5.41) is 0.365. The van der Waals surface area contributed by atoms with Gasteiger partial charge in [0.25, 0.3) is 0 Å². The largest absolute Gasteiger partial charge is 0.465 e. The molecule has 0 saturated carbocycles. The summed E-state index contributed by atoms with van der Waals surface area (Å²) in [6.45, 7) is 4.31. The van der Waals surface area contributed by atoms with Crippen LogP contribution in [0.25, 0.3) is 0 Å². The summed E-state index contributed by atoms with van der Waals surface area (Å²) in [6, 6.07) is 0. The van der Waals surface area contributed by atoms with Crippen LogP contribution in [0.1, 0.15) is 20.3 Å². The Bertz CT molecular complexity index is 396. The fourth-order valence-electron chi connectivity index (χ4n) is 2.35. The normalized spacial score (nSPS) is 31.5. The minimum atomic E-state index is -0.664. The van der Waals surface area contributed by atoms with Crippen LogP contribution >= 0.6 is 23.5 Å². The van der Waals surface area contributed by atoms with Gasteiger partial charge in [0.15, 0.2) is 4.08 Å². The molecule has 0 N–H and O–H groups in total. The summed E-state index contributed by atoms with van der Waals surface area (Å²) in [4.78, 5) is 23.8. The van der Waals surface area contributed by atoms with Crippen LogP contribution in [0, 0.1) is 5.92 Å². The average Bonchev–Trinajstić information content (AvgIpc) is 2.98. The Kier molecular flexibility index (Phi) is 4.84. The molecule has 1 saturated heterocycles. The first kappa shape index (κ1) is 14.8. The van der Waals surface area contributed by atoms with E-state index >= 15 is 0 Å². The Hall–Kier alpha value is -0.620. The van der Waals surface area contributed by atoms with Gasteiger partial charge in [-0.3, -0.25) is 4.79 Å². The smallest absolute Gasteiger partial charge is 0.333 e. The molecule has 0 amide bonds. The molecule has 1 heterocycles. The quantitative estimate of drug-likeness (QED) is 0.554. The lowest BCUT2D eigenvalue weighted by Gasteiger charge is -2.31. The van der Waals surface area contributed by atoms with Crippen LogP contribution in [-0.2, 0) is 19.1 Å². The zero-order chi connectivity index (χ0) is 13.9. The van der Waals surface area contributed by atoms with Gasteiger partial charge in [0, 0.05) is 11.2 Å². The number of thioether (sulfide) groups is 2. The minimum absolute atomic E-state index is 0.154. The molecule has 0 aromatic rings. The third kappa shape index (κ3) is 2.94. The van der Waals surface area contributed by atoms with Crippen molar-refractivity contribution in [2.24, 2.45) is 5.92 Å². The fourth-order valence-corrected chi connectivity index (χ4v) is 5.58. The number of fused-ring (bicyclic) bond motifs is 2. The van der Waals surface area contributed by atoms with Crippen LogP contribution in [0.5, 0.6) is 0 Å². The predicted octanol–water partition coefficient (Wildman–Crippen LogP) is 2.23. The lowest BCUT2D eigenvalue weighted by atomic mass is 10.0. The van der Waals surface area contributed by atoms with Gasteiger partial charge in [0.2, 0.25) is 0 Å². The van der Waals surface area contributed by atoms with Gasteiger partial charge in [0.05, 0.1) is 19.0 Å². The van der Waals surface area contributed by atoms with Crippen LogP contribution in [0.15, 0.2) is 12.2 Å². The first-order chi connectivity index (χ1) is 9.12. The monoisotopic (exact) mass is 302 g/mol. The molecule has 1 unspecified atom stereocenters. The summed E-state index contributed by atoms with van der Waals surface area (Å²) in [7, 11) is 0. The van der Waals surface area contributed by atoms with Crippen molar-refractivity contribution in [2.75, 3.05) is 19.0 Å². The van der Waals surface area contributed by atoms with E-state index in [1.165, 1.54) is 11.8 Å². The molecule has 0 aromatic carbocycles. The van der Waals surface area contributed by atoms with Crippen molar-refractivity contribution in [3.05, 3.63) is 12.2 Å². The lowest BCUT2D eigenvalue weighted by molar-refractivity contribution is -0.144. The standard InChI is InChI=1S/C13H18O4S2/c1-3-16-11(14)8-18-13(12(15)17-4-2)9-5-6-10(7-9)19-13/h5-6,9-10H,3-4,7-8H2,1-2H3/t9-,10+,13?/m1/s1. The summed E-state index contributed by atoms with van der Waals surface area (Å²) < 4.78 is 9.47. The third-order valence-electron chi connectivity index (χ3n) is 3.13. The molecule has 0 radical (unpaired) electrons. The Morgan fingerprint density at radius 2 is 2.05 bits per heavy atom. The molecule has 1 aliphatic heterocycles. The molecule has 1 aliphatic carbocycles. The van der Waals surface area contributed by atoms with Gasteiger partial charge in [0.1, 0.15) is 0 Å². The molecule has 6 heteroatoms. The van der Waals surface area contributed by atoms with Gasteiger partial charge in [-0.2, -0.15) is 0 Å². The second kappa shape index (κ2) is 6.22. The lowest BCUT2D eigenvalue weighted by Crippen LogP contribution is -2.39. The van der Waals surface area contributed by atoms with Crippen LogP contribution in [0.4, 0.5) is 0 Å². The van der Waals surface area contributed by atoms with Crippen LogP contribution in [-0.4, -0.2) is 40.2 Å². The molecule has 19 heavy (non-hydrogen) atoms. The number of ether oxygens (including phenoxy) is 2. The van der Waals surface area contributed by atoms with Crippen molar-refractivity contribution >= 4 is 35.5 Å². The van der Waals surface area contributed by atoms with Gasteiger partial charge in [-0.1, -0.05) is 12.2 Å². The molecule has 3 atom stereocenters. The highest BCUT2D eigenvalue weighted by Gasteiger charge is 2.56. The van der Waals surface area contributed by atoms with Crippen LogP contribution in [0.3, 0.4) is 0 Å². The van der Waals surface area contributed by atoms with E-state index in [0.29, 0.717) is 18.5 Å². The highest BCUT2D eigenvalue weighted by Crippen LogP contribution is 2.59. The Labute approximate surface area is 121 Å². The Balaban J connectivity index is 2.06. The molecule has 2 aliphatic rings. The van der Waals surface area contributed by atoms with Gasteiger partial charge in [-0.25, -0.2) is 4.79 Å². The highest BCUT2D eigenvalue weighted by atomic mass is 32.2. The van der Waals surface area contributed by atoms with Crippen molar-refractivity contribution in [3.8, 4) is 0 Å². The SMILES string of the molecule is CCOC(=O)CSC1(C(=O)OCC)S[C@H]2C=C[C@@H]1C2. The first-order valence-corrected chi connectivity index (χ1v) is 8.31. The van der Waals surface area contributed by atoms with E-state index < -0.39 is 4.08 Å². The van der Waals surface area contributed by atoms with Gasteiger partial charge in [-0.05, 0) is 20.3 Å². The maximum atomic E-state index is 12.3. The van der Waals surface area contributed by atoms with Gasteiger partial charge in [-0.15, -0.1) is 23.5 Å². The first-order valence-electron chi connectivity index (χ1n) is 6.45. The highest BCUT2D eigenvalue weighted by molar-refractivity contribution is 8.20. The van der Waals surface area contributed by atoms with E-state index in [9.17, 15) is 9.59 Å². The molecular weight excluding hydrogens is 284 g/mol. The van der Waals surface area contributed by atoms with E-state index in [0.717, 1.165) is 6.42 Å². The number of rotatable bonds is 6. The van der Waals surface area contributed by atoms with E-state index in [1.54, 1.807) is 25.6 Å². The average molecular weight is 302 g/mol. The van der Waals surface area contributed by atoms with Crippen LogP contribution < -0.4 is 0 Å². The van der Waals surface area contributed by atoms with Crippen molar-refractivity contribution < 1.29 is 19.1 Å². The third-order valence-corrected chi connectivity index (χ3v) is 6.52. The summed E-state index contributed by atoms with van der Waals surface area (Å²) in [6.07, 6.45) is 5.17. The minimum Gasteiger partial charge on any atom is -0.465 e. The summed E-state index contributed by atoms with van der Waals surface area (Å²) >= 11 is 2.96. The summed E-state index contributed by atoms with van der Waals surface area (Å²) in [5.41, 5.74) is 0. The molecule has 4 nitrogen and oxygen atoms in total. The number of allylic oxidation sites excluding steroid dienone is 1. The zero-order valence-corrected chi connectivity index (χ0v) is 12.7. The molecular formula is C13H18O4S2. The summed E-state index contributed by atoms with van der Waals surface area (Å²) in [5.74, 6) is -0.146. The number of esters is 2. The number of carbonyl (C=O) groups excluding carboxylic acids is 2. The van der Waals surface area contributed by atoms with Gasteiger partial charge >= 0.3 is 11.9 Å². The molecule has 106 valence electrons. The van der Waals surface area contributed by atoms with Crippen LogP contribution in [0.2, 0.25) is 0 Å². The second-order valence-corrected chi connectivity index (χ2v) is 7.33. The van der Waals surface area contributed by atoms with Crippen molar-refractivity contribution in [1.82, 2.24) is 0 Å². The second-order valence-electron chi connectivity index (χ2n) is 4.37. The number of carbonyl (C=O) groups is 2. The molecule has 0 spiro atoms. The molecule has 2 rings (SSSR count). The zero-order valence-electron chi connectivity index (χ0n) is 11.1. The van der Waals surface area contributed by atoms with Crippen molar-refractivity contribution in [1.29, 1.82) is 0 Å². The van der Waals surface area contributed by atoms with Gasteiger partial charge < -0.3 is 9.47 Å². The fraction of sp³-hybridized carbons (Fsp3) is 0.692. The molecule has 0 aromatic heterocycles. The number of hydrogen-bond acceptors (Lipinski definition) is 6. The maximum absolute atomic E-state index is 12.3. The van der Waals surface area contributed by atoms with E-state index in [1.807, 2.05) is 0 Å². The molecule has 1 fully saturated rings. The van der Waals surface area contributed by atoms with Crippen molar-refractivity contribution in [2.45, 2.75) is 29.6 Å². The Morgan fingerprint density at radius 3 is 2.58 bits per heavy atom. The van der Waals surface area contributed by atoms with E-state index in [2.05, 4.69) is 12.2 Å². The van der Waals surface area contributed by atoms with E-state index in [-0.39, 0.29) is 23.6 Å². The van der Waals surface area contributed by atoms with Crippen molar-refractivity contribution in [3.63, 3.8) is 0 Å². The number of hydrogen-bond donors (Lipinski definition) is 0. The van der Waals surface area contributed by atoms with E-state index in [4.69, 9.17) is 9.47 Å².